The molecule has 4 aromatic rings. The Bertz CT molecular complexity index is 2260. The summed E-state index contributed by atoms with van der Waals surface area (Å²) in [7, 11) is 5.10. The summed E-state index contributed by atoms with van der Waals surface area (Å²) in [4.78, 5) is 93.5. The fourth-order valence-corrected chi connectivity index (χ4v) is 6.56. The normalized spacial score (nSPS) is 12.7. The van der Waals surface area contributed by atoms with Crippen LogP contribution in [0.4, 0.5) is 5.69 Å². The van der Waals surface area contributed by atoms with Crippen molar-refractivity contribution in [2.45, 2.75) is 25.3 Å². The van der Waals surface area contributed by atoms with E-state index in [2.05, 4.69) is 20.9 Å². The maximum atomic E-state index is 13.3. The van der Waals surface area contributed by atoms with Gasteiger partial charge in [-0.25, -0.2) is 0 Å². The summed E-state index contributed by atoms with van der Waals surface area (Å²) in [5, 5.41) is 7.86. The Hall–Kier alpha value is -6.95. The van der Waals surface area contributed by atoms with Crippen LogP contribution in [0.15, 0.2) is 85.1 Å². The highest BCUT2D eigenvalue weighted by Crippen LogP contribution is 2.36. The van der Waals surface area contributed by atoms with E-state index in [4.69, 9.17) is 18.9 Å². The van der Waals surface area contributed by atoms with Gasteiger partial charge < -0.3 is 49.6 Å². The van der Waals surface area contributed by atoms with Crippen LogP contribution in [0.3, 0.4) is 0 Å². The van der Waals surface area contributed by atoms with Crippen LogP contribution in [0.5, 0.6) is 11.5 Å². The zero-order valence-corrected chi connectivity index (χ0v) is 34.8. The number of hydrogen-bond donors (Lipinski definition) is 4. The van der Waals surface area contributed by atoms with E-state index < -0.39 is 35.6 Å². The summed E-state index contributed by atoms with van der Waals surface area (Å²) in [6, 6.07) is 21.7. The highest BCUT2D eigenvalue weighted by atomic mass is 16.5. The zero-order chi connectivity index (χ0) is 44.4. The molecule has 0 bridgehead atoms. The van der Waals surface area contributed by atoms with E-state index in [1.807, 2.05) is 79.8 Å². The molecule has 5 rings (SSSR count). The Kier molecular flexibility index (Phi) is 17.2. The second-order valence-electron chi connectivity index (χ2n) is 14.0. The molecule has 0 spiro atoms. The van der Waals surface area contributed by atoms with Crippen molar-refractivity contribution in [3.63, 3.8) is 0 Å². The van der Waals surface area contributed by atoms with Gasteiger partial charge in [0.25, 0.3) is 17.7 Å². The third kappa shape index (κ3) is 12.1. The van der Waals surface area contributed by atoms with Crippen LogP contribution in [0, 0.1) is 0 Å². The third-order valence-corrected chi connectivity index (χ3v) is 9.42. The topological polar surface area (TPSA) is 215 Å². The van der Waals surface area contributed by atoms with Crippen molar-refractivity contribution < 1.29 is 52.5 Å². The lowest BCUT2D eigenvalue weighted by atomic mass is 9.97. The number of carbonyl (C=O) groups excluding carboxylic acids is 7. The van der Waals surface area contributed by atoms with Gasteiger partial charge in [-0.05, 0) is 42.8 Å². The van der Waals surface area contributed by atoms with Crippen LogP contribution >= 0.6 is 0 Å². The van der Waals surface area contributed by atoms with Gasteiger partial charge in [-0.15, -0.1) is 0 Å². The van der Waals surface area contributed by atoms with E-state index in [0.29, 0.717) is 35.2 Å². The molecule has 0 saturated heterocycles. The molecule has 4 N–H and O–H groups in total. The van der Waals surface area contributed by atoms with Crippen LogP contribution in [-0.2, 0) is 28.6 Å². The molecule has 3 aromatic carbocycles. The molecule has 1 aromatic heterocycles. The lowest BCUT2D eigenvalue weighted by Crippen LogP contribution is -2.48. The first-order valence-electron chi connectivity index (χ1n) is 19.9. The number of anilines is 1. The molecule has 2 heterocycles. The smallest absolute Gasteiger partial charge is 0.267 e. The van der Waals surface area contributed by atoms with E-state index in [9.17, 15) is 33.6 Å². The molecule has 1 unspecified atom stereocenters. The van der Waals surface area contributed by atoms with Gasteiger partial charge >= 0.3 is 0 Å². The minimum atomic E-state index is -1.18. The number of para-hydroxylation sites is 2. The number of hydrogen-bond acceptors (Lipinski definition) is 12. The quantitative estimate of drug-likeness (QED) is 0.0422. The number of amides is 5. The Morgan fingerprint density at radius 2 is 1.52 bits per heavy atom. The molecular weight excluding hydrogens is 801 g/mol. The Morgan fingerprint density at radius 3 is 2.21 bits per heavy atom. The Labute approximate surface area is 358 Å². The predicted octanol–water partition coefficient (Wildman–Crippen LogP) is 4.07. The van der Waals surface area contributed by atoms with Gasteiger partial charge in [0.2, 0.25) is 11.8 Å². The molecule has 1 atom stereocenters. The van der Waals surface area contributed by atoms with Gasteiger partial charge in [0.1, 0.15) is 29.5 Å². The number of ether oxygens (including phenoxy) is 4. The number of nitrogens with zero attached hydrogens (tertiary/aromatic N) is 2. The van der Waals surface area contributed by atoms with Gasteiger partial charge in [0.05, 0.1) is 68.6 Å². The molecule has 0 saturated carbocycles. The second kappa shape index (κ2) is 23.2. The van der Waals surface area contributed by atoms with E-state index >= 15 is 0 Å². The van der Waals surface area contributed by atoms with Crippen molar-refractivity contribution in [2.75, 3.05) is 72.6 Å². The minimum absolute atomic E-state index is 0.0248. The number of carbonyl (C=O) groups is 7. The first-order valence-corrected chi connectivity index (χ1v) is 19.9. The third-order valence-electron chi connectivity index (χ3n) is 9.42. The number of aromatic amines is 1. The first kappa shape index (κ1) is 46.1. The Morgan fingerprint density at radius 1 is 0.823 bits per heavy atom. The van der Waals surface area contributed by atoms with Crippen LogP contribution in [-0.4, -0.2) is 130 Å². The standard InChI is InChI=1S/C45H50N6O11/c1-46-43(56)38(16-10-20-52)51-44(57)32-14-9-15-35(41(32)45(51)58)49-40(54)18-21-59-23-25-61-26-24-60-22-19-47-42(55)36-27-33(37(29-53)48-36)34(28-50(2)3)31-13-7-8-17-39(31)62-30-11-5-4-6-12-30/h4-9,11-15,17,20,27-29,38,48H,10,16,18-19,21-26H2,1-3H3,(H,46,56)(H,47,55)(H,49,54)/b34-28-. The van der Waals surface area contributed by atoms with Crippen molar-refractivity contribution in [1.29, 1.82) is 0 Å². The highest BCUT2D eigenvalue weighted by Gasteiger charge is 2.43. The van der Waals surface area contributed by atoms with Crippen LogP contribution in [0.1, 0.15) is 72.1 Å². The van der Waals surface area contributed by atoms with Crippen molar-refractivity contribution >= 4 is 53.4 Å². The molecular formula is C45H50N6O11. The van der Waals surface area contributed by atoms with E-state index in [1.54, 1.807) is 6.07 Å². The van der Waals surface area contributed by atoms with Crippen molar-refractivity contribution in [3.8, 4) is 11.5 Å². The van der Waals surface area contributed by atoms with E-state index in [0.717, 1.165) is 10.5 Å². The largest absolute Gasteiger partial charge is 0.457 e. The number of nitrogens with one attached hydrogen (secondary N) is 4. The highest BCUT2D eigenvalue weighted by molar-refractivity contribution is 6.25. The molecule has 5 amide bonds. The van der Waals surface area contributed by atoms with E-state index in [1.165, 1.54) is 25.2 Å². The minimum Gasteiger partial charge on any atom is -0.457 e. The summed E-state index contributed by atoms with van der Waals surface area (Å²) in [5.74, 6) is -1.64. The molecule has 0 fully saturated rings. The van der Waals surface area contributed by atoms with Crippen molar-refractivity contribution in [2.24, 2.45) is 0 Å². The summed E-state index contributed by atoms with van der Waals surface area (Å²) in [5.41, 5.74) is 2.53. The fourth-order valence-electron chi connectivity index (χ4n) is 6.56. The average Bonchev–Trinajstić information content (AvgIpc) is 3.82. The number of imide groups is 1. The van der Waals surface area contributed by atoms with Gasteiger partial charge in [-0.3, -0.25) is 33.7 Å². The first-order chi connectivity index (χ1) is 30.1. The molecule has 326 valence electrons. The summed E-state index contributed by atoms with van der Waals surface area (Å²) in [6.07, 6.45) is 3.04. The zero-order valence-electron chi connectivity index (χ0n) is 34.8. The number of fused-ring (bicyclic) bond motifs is 1. The number of aromatic nitrogens is 1. The van der Waals surface area contributed by atoms with Crippen LogP contribution in [0.25, 0.3) is 5.57 Å². The second-order valence-corrected chi connectivity index (χ2v) is 14.0. The van der Waals surface area contributed by atoms with Crippen LogP contribution < -0.4 is 20.7 Å². The fraction of sp³-hybridized carbons (Fsp3) is 0.311. The van der Waals surface area contributed by atoms with Gasteiger partial charge in [-0.1, -0.05) is 42.5 Å². The van der Waals surface area contributed by atoms with Crippen LogP contribution in [0.2, 0.25) is 0 Å². The van der Waals surface area contributed by atoms with Crippen molar-refractivity contribution in [3.05, 3.63) is 119 Å². The predicted molar refractivity (Wildman–Crippen MR) is 228 cm³/mol. The molecule has 17 nitrogen and oxygen atoms in total. The SMILES string of the molecule is CNC(=O)C(CCC=O)N1C(=O)c2cccc(NC(=O)CCOCCOCCOCCNC(=O)c3cc(/C(=C\N(C)C)c4ccccc4Oc4ccccc4)c(C=O)[nH]3)c2C1=O. The molecule has 0 radical (unpaired) electrons. The molecule has 62 heavy (non-hydrogen) atoms. The van der Waals surface area contributed by atoms with Gasteiger partial charge in [-0.2, -0.15) is 0 Å². The monoisotopic (exact) mass is 850 g/mol. The molecule has 1 aliphatic rings. The van der Waals surface area contributed by atoms with Gasteiger partial charge in [0.15, 0.2) is 6.29 Å². The lowest BCUT2D eigenvalue weighted by molar-refractivity contribution is -0.125. The molecule has 1 aliphatic heterocycles. The maximum absolute atomic E-state index is 13.3. The summed E-state index contributed by atoms with van der Waals surface area (Å²) < 4.78 is 22.8. The van der Waals surface area contributed by atoms with Crippen molar-refractivity contribution in [1.82, 2.24) is 25.4 Å². The van der Waals surface area contributed by atoms with E-state index in [-0.39, 0.29) is 93.7 Å². The number of likely N-dealkylation sites (N-methyl/N-ethyl adjacent to an activating group) is 1. The number of H-pyrrole nitrogens is 1. The van der Waals surface area contributed by atoms with Gasteiger partial charge in [0, 0.05) is 57.0 Å². The molecule has 0 aliphatic carbocycles. The Balaban J connectivity index is 0.996. The number of aldehydes is 2. The number of benzene rings is 3. The molecule has 17 heteroatoms. The lowest BCUT2D eigenvalue weighted by Gasteiger charge is -2.24. The summed E-state index contributed by atoms with van der Waals surface area (Å²) in [6.45, 7) is 1.42. The maximum Gasteiger partial charge on any atom is 0.267 e. The summed E-state index contributed by atoms with van der Waals surface area (Å²) >= 11 is 0. The number of rotatable bonds is 25. The average molecular weight is 851 g/mol.